The third-order valence-corrected chi connectivity index (χ3v) is 2.53. The fourth-order valence-corrected chi connectivity index (χ4v) is 1.64. The molecule has 0 saturated carbocycles. The summed E-state index contributed by atoms with van der Waals surface area (Å²) >= 11 is 0. The van der Waals surface area contributed by atoms with Crippen molar-refractivity contribution in [3.63, 3.8) is 0 Å². The highest BCUT2D eigenvalue weighted by Gasteiger charge is 2.08. The van der Waals surface area contributed by atoms with Crippen LogP contribution in [0.5, 0.6) is 5.75 Å². The van der Waals surface area contributed by atoms with Crippen LogP contribution >= 0.6 is 0 Å². The summed E-state index contributed by atoms with van der Waals surface area (Å²) in [5, 5.41) is 11.4. The van der Waals surface area contributed by atoms with Crippen molar-refractivity contribution in [2.45, 2.75) is 0 Å². The number of nitrogens with one attached hydrogen (secondary N) is 1. The molecular weight excluding hydrogens is 278 g/mol. The highest BCUT2D eigenvalue weighted by Crippen LogP contribution is 2.16. The fraction of sp³-hybridized carbons (Fsp3) is 0.0667. The number of amides is 1. The lowest BCUT2D eigenvalue weighted by atomic mass is 10.2. The molecule has 106 valence electrons. The van der Waals surface area contributed by atoms with E-state index in [9.17, 15) is 13.6 Å². The number of halogens is 2. The molecular formula is C15H10F2N2O2. The van der Waals surface area contributed by atoms with E-state index in [0.717, 1.165) is 12.1 Å². The van der Waals surface area contributed by atoms with Crippen LogP contribution in [-0.2, 0) is 4.79 Å². The fourth-order valence-electron chi connectivity index (χ4n) is 1.64. The van der Waals surface area contributed by atoms with Crippen molar-refractivity contribution in [2.24, 2.45) is 0 Å². The van der Waals surface area contributed by atoms with Crippen molar-refractivity contribution < 1.29 is 18.3 Å². The van der Waals surface area contributed by atoms with Gasteiger partial charge in [0.2, 0.25) is 0 Å². The Morgan fingerprint density at radius 2 is 1.86 bits per heavy atom. The van der Waals surface area contributed by atoms with Crippen LogP contribution in [0.2, 0.25) is 0 Å². The summed E-state index contributed by atoms with van der Waals surface area (Å²) in [7, 11) is 0. The van der Waals surface area contributed by atoms with Crippen LogP contribution in [0.15, 0.2) is 42.5 Å². The number of rotatable bonds is 4. The number of nitrogens with zero attached hydrogens (tertiary/aromatic N) is 1. The van der Waals surface area contributed by atoms with Crippen molar-refractivity contribution in [1.29, 1.82) is 5.26 Å². The minimum atomic E-state index is -0.791. The number of carbonyl (C=O) groups is 1. The third kappa shape index (κ3) is 4.01. The molecule has 1 N–H and O–H groups in total. The Morgan fingerprint density at radius 3 is 2.52 bits per heavy atom. The minimum absolute atomic E-state index is 0.0868. The zero-order valence-electron chi connectivity index (χ0n) is 10.8. The van der Waals surface area contributed by atoms with Crippen molar-refractivity contribution in [2.75, 3.05) is 11.9 Å². The summed E-state index contributed by atoms with van der Waals surface area (Å²) in [6, 6.07) is 11.0. The van der Waals surface area contributed by atoms with Crippen LogP contribution in [0.1, 0.15) is 5.56 Å². The zero-order valence-corrected chi connectivity index (χ0v) is 10.8. The molecule has 0 unspecified atom stereocenters. The van der Waals surface area contributed by atoms with Crippen LogP contribution in [0.3, 0.4) is 0 Å². The van der Waals surface area contributed by atoms with Gasteiger partial charge in [0, 0.05) is 18.2 Å². The van der Waals surface area contributed by atoms with Crippen molar-refractivity contribution in [1.82, 2.24) is 0 Å². The van der Waals surface area contributed by atoms with Gasteiger partial charge in [0.1, 0.15) is 23.5 Å². The van der Waals surface area contributed by atoms with Gasteiger partial charge in [-0.2, -0.15) is 5.26 Å². The summed E-state index contributed by atoms with van der Waals surface area (Å²) in [5.74, 6) is -2.21. The molecule has 1 amide bonds. The third-order valence-electron chi connectivity index (χ3n) is 2.53. The first-order valence-corrected chi connectivity index (χ1v) is 5.96. The molecule has 0 aliphatic rings. The molecule has 0 fully saturated rings. The monoisotopic (exact) mass is 288 g/mol. The molecule has 0 bridgehead atoms. The minimum Gasteiger partial charge on any atom is -0.484 e. The predicted octanol–water partition coefficient (Wildman–Crippen LogP) is 2.85. The normalized spacial score (nSPS) is 9.76. The van der Waals surface area contributed by atoms with E-state index in [-0.39, 0.29) is 5.75 Å². The maximum atomic E-state index is 12.9. The maximum Gasteiger partial charge on any atom is 0.262 e. The number of carbonyl (C=O) groups excluding carboxylic acids is 1. The van der Waals surface area contributed by atoms with Gasteiger partial charge in [-0.05, 0) is 12.1 Å². The van der Waals surface area contributed by atoms with Crippen LogP contribution in [0.4, 0.5) is 14.5 Å². The van der Waals surface area contributed by atoms with Crippen molar-refractivity contribution in [3.8, 4) is 11.8 Å². The van der Waals surface area contributed by atoms with E-state index in [2.05, 4.69) is 5.32 Å². The SMILES string of the molecule is N#Cc1ccccc1NC(=O)COc1cc(F)cc(F)c1. The Bertz CT molecular complexity index is 691. The highest BCUT2D eigenvalue weighted by molar-refractivity contribution is 5.93. The molecule has 0 radical (unpaired) electrons. The van der Waals surface area contributed by atoms with Crippen molar-refractivity contribution in [3.05, 3.63) is 59.7 Å². The van der Waals surface area contributed by atoms with E-state index >= 15 is 0 Å². The lowest BCUT2D eigenvalue weighted by Gasteiger charge is -2.08. The number of anilines is 1. The van der Waals surface area contributed by atoms with Gasteiger partial charge in [0.25, 0.3) is 5.91 Å². The first kappa shape index (κ1) is 14.5. The van der Waals surface area contributed by atoms with Crippen LogP contribution < -0.4 is 10.1 Å². The van der Waals surface area contributed by atoms with Crippen LogP contribution in [0.25, 0.3) is 0 Å². The summed E-state index contributed by atoms with van der Waals surface area (Å²) in [5.41, 5.74) is 0.654. The standard InChI is InChI=1S/C15H10F2N2O2/c16-11-5-12(17)7-13(6-11)21-9-15(20)19-14-4-2-1-3-10(14)8-18/h1-7H,9H2,(H,19,20). The average molecular weight is 288 g/mol. The lowest BCUT2D eigenvalue weighted by molar-refractivity contribution is -0.118. The average Bonchev–Trinajstić information content (AvgIpc) is 2.45. The summed E-state index contributed by atoms with van der Waals surface area (Å²) in [6.07, 6.45) is 0. The molecule has 0 spiro atoms. The predicted molar refractivity (Wildman–Crippen MR) is 71.6 cm³/mol. The van der Waals surface area contributed by atoms with Gasteiger partial charge in [-0.15, -0.1) is 0 Å². The second kappa shape index (κ2) is 6.48. The largest absolute Gasteiger partial charge is 0.484 e. The number of hydrogen-bond acceptors (Lipinski definition) is 3. The number of para-hydroxylation sites is 1. The van der Waals surface area contributed by atoms with Gasteiger partial charge >= 0.3 is 0 Å². The summed E-state index contributed by atoms with van der Waals surface area (Å²) in [4.78, 5) is 11.7. The van der Waals surface area contributed by atoms with Gasteiger partial charge in [-0.25, -0.2) is 8.78 Å². The van der Waals surface area contributed by atoms with E-state index in [1.54, 1.807) is 24.3 Å². The van der Waals surface area contributed by atoms with Crippen molar-refractivity contribution >= 4 is 11.6 Å². The number of hydrogen-bond donors (Lipinski definition) is 1. The first-order chi connectivity index (χ1) is 10.1. The second-order valence-electron chi connectivity index (χ2n) is 4.10. The molecule has 0 saturated heterocycles. The Morgan fingerprint density at radius 1 is 1.19 bits per heavy atom. The lowest BCUT2D eigenvalue weighted by Crippen LogP contribution is -2.20. The van der Waals surface area contributed by atoms with E-state index < -0.39 is 24.1 Å². The van der Waals surface area contributed by atoms with Gasteiger partial charge in [0.15, 0.2) is 6.61 Å². The molecule has 0 aliphatic heterocycles. The first-order valence-electron chi connectivity index (χ1n) is 5.96. The van der Waals surface area contributed by atoms with Crippen LogP contribution in [0, 0.1) is 23.0 Å². The van der Waals surface area contributed by atoms with E-state index in [1.165, 1.54) is 0 Å². The molecule has 2 rings (SSSR count). The van der Waals surface area contributed by atoms with Gasteiger partial charge in [-0.1, -0.05) is 12.1 Å². The quantitative estimate of drug-likeness (QED) is 0.941. The Balaban J connectivity index is 1.98. The van der Waals surface area contributed by atoms with Gasteiger partial charge in [-0.3, -0.25) is 4.79 Å². The Labute approximate surface area is 119 Å². The topological polar surface area (TPSA) is 62.1 Å². The second-order valence-corrected chi connectivity index (χ2v) is 4.10. The molecule has 21 heavy (non-hydrogen) atoms. The Kier molecular flexibility index (Phi) is 4.46. The molecule has 0 atom stereocenters. The van der Waals surface area contributed by atoms with Crippen LogP contribution in [-0.4, -0.2) is 12.5 Å². The van der Waals surface area contributed by atoms with Gasteiger partial charge in [0.05, 0.1) is 11.3 Å². The van der Waals surface area contributed by atoms with E-state index in [1.807, 2.05) is 6.07 Å². The molecule has 0 aromatic heterocycles. The summed E-state index contributed by atoms with van der Waals surface area (Å²) in [6.45, 7) is -0.428. The Hall–Kier alpha value is -2.94. The number of benzene rings is 2. The van der Waals surface area contributed by atoms with E-state index in [4.69, 9.17) is 10.00 Å². The number of nitriles is 1. The molecule has 2 aromatic rings. The molecule has 0 heterocycles. The van der Waals surface area contributed by atoms with E-state index in [0.29, 0.717) is 17.3 Å². The molecule has 4 nitrogen and oxygen atoms in total. The highest BCUT2D eigenvalue weighted by atomic mass is 19.1. The molecule has 6 heteroatoms. The smallest absolute Gasteiger partial charge is 0.262 e. The molecule has 0 aliphatic carbocycles. The zero-order chi connectivity index (χ0) is 15.2. The number of ether oxygens (including phenoxy) is 1. The summed E-state index contributed by atoms with van der Waals surface area (Å²) < 4.78 is 30.9. The molecule has 2 aromatic carbocycles. The maximum absolute atomic E-state index is 12.9. The van der Waals surface area contributed by atoms with Gasteiger partial charge < -0.3 is 10.1 Å².